The van der Waals surface area contributed by atoms with E-state index in [9.17, 15) is 4.79 Å². The molecule has 1 aliphatic heterocycles. The number of rotatable bonds is 4. The second-order valence-corrected chi connectivity index (χ2v) is 7.03. The molecule has 3 aromatic rings. The standard InChI is InChI=1S/C20H22N6O2/c1-14(2)19-23-18(24-28-19)16-3-4-17(22-13-16)25-9-11-26(12-10-25)20(27)15-5-7-21-8-6-15/h3-8,13-14H,9-12H2,1-2H3. The zero-order valence-corrected chi connectivity index (χ0v) is 15.9. The number of pyridine rings is 2. The lowest BCUT2D eigenvalue weighted by atomic mass is 10.2. The number of carbonyl (C=O) groups is 1. The molecule has 144 valence electrons. The SMILES string of the molecule is CC(C)c1nc(-c2ccc(N3CCN(C(=O)c4ccncc4)CC3)nc2)no1. The van der Waals surface area contributed by atoms with Crippen molar-refractivity contribution in [2.24, 2.45) is 0 Å². The Hall–Kier alpha value is -3.29. The summed E-state index contributed by atoms with van der Waals surface area (Å²) < 4.78 is 5.26. The van der Waals surface area contributed by atoms with Gasteiger partial charge in [-0.3, -0.25) is 9.78 Å². The van der Waals surface area contributed by atoms with E-state index in [1.54, 1.807) is 30.7 Å². The van der Waals surface area contributed by atoms with Crippen molar-refractivity contribution in [1.29, 1.82) is 0 Å². The molecule has 0 unspecified atom stereocenters. The van der Waals surface area contributed by atoms with Gasteiger partial charge in [-0.25, -0.2) is 4.98 Å². The molecule has 0 aromatic carbocycles. The topological polar surface area (TPSA) is 88.3 Å². The fourth-order valence-corrected chi connectivity index (χ4v) is 3.11. The Morgan fingerprint density at radius 1 is 1.07 bits per heavy atom. The molecule has 1 aliphatic rings. The van der Waals surface area contributed by atoms with E-state index in [0.29, 0.717) is 30.4 Å². The van der Waals surface area contributed by atoms with Crippen LogP contribution >= 0.6 is 0 Å². The Labute approximate surface area is 163 Å². The van der Waals surface area contributed by atoms with E-state index in [1.165, 1.54) is 0 Å². The molecule has 8 nitrogen and oxygen atoms in total. The first-order valence-corrected chi connectivity index (χ1v) is 9.36. The van der Waals surface area contributed by atoms with Gasteiger partial charge in [0.15, 0.2) is 0 Å². The summed E-state index contributed by atoms with van der Waals surface area (Å²) in [6.07, 6.45) is 5.05. The van der Waals surface area contributed by atoms with Crippen LogP contribution in [0.2, 0.25) is 0 Å². The average molecular weight is 378 g/mol. The molecule has 0 atom stereocenters. The van der Waals surface area contributed by atoms with Crippen LogP contribution in [0, 0.1) is 0 Å². The highest BCUT2D eigenvalue weighted by molar-refractivity contribution is 5.94. The summed E-state index contributed by atoms with van der Waals surface area (Å²) in [6, 6.07) is 7.40. The van der Waals surface area contributed by atoms with E-state index in [-0.39, 0.29) is 11.8 Å². The van der Waals surface area contributed by atoms with Gasteiger partial charge >= 0.3 is 0 Å². The van der Waals surface area contributed by atoms with Crippen molar-refractivity contribution in [2.45, 2.75) is 19.8 Å². The van der Waals surface area contributed by atoms with Crippen molar-refractivity contribution >= 4 is 11.7 Å². The van der Waals surface area contributed by atoms with Crippen LogP contribution in [0.5, 0.6) is 0 Å². The maximum Gasteiger partial charge on any atom is 0.254 e. The third-order valence-corrected chi connectivity index (χ3v) is 4.76. The van der Waals surface area contributed by atoms with Gasteiger partial charge in [0.1, 0.15) is 5.82 Å². The Morgan fingerprint density at radius 3 is 2.43 bits per heavy atom. The first-order chi connectivity index (χ1) is 13.6. The fourth-order valence-electron chi connectivity index (χ4n) is 3.11. The lowest BCUT2D eigenvalue weighted by molar-refractivity contribution is 0.0746. The summed E-state index contributed by atoms with van der Waals surface area (Å²) in [5.74, 6) is 2.29. The number of nitrogens with zero attached hydrogens (tertiary/aromatic N) is 6. The second kappa shape index (κ2) is 7.75. The van der Waals surface area contributed by atoms with Gasteiger partial charge in [-0.2, -0.15) is 4.98 Å². The van der Waals surface area contributed by atoms with Crippen LogP contribution in [0.15, 0.2) is 47.4 Å². The molecule has 28 heavy (non-hydrogen) atoms. The Balaban J connectivity index is 1.39. The molecule has 0 bridgehead atoms. The maximum atomic E-state index is 12.5. The highest BCUT2D eigenvalue weighted by Gasteiger charge is 2.23. The van der Waals surface area contributed by atoms with E-state index in [1.807, 2.05) is 30.9 Å². The smallest absolute Gasteiger partial charge is 0.254 e. The molecule has 4 rings (SSSR count). The highest BCUT2D eigenvalue weighted by Crippen LogP contribution is 2.21. The van der Waals surface area contributed by atoms with Gasteiger partial charge < -0.3 is 14.3 Å². The highest BCUT2D eigenvalue weighted by atomic mass is 16.5. The first-order valence-electron chi connectivity index (χ1n) is 9.36. The minimum Gasteiger partial charge on any atom is -0.353 e. The number of aromatic nitrogens is 4. The normalized spacial score (nSPS) is 14.5. The summed E-state index contributed by atoms with van der Waals surface area (Å²) in [5, 5.41) is 4.02. The number of piperazine rings is 1. The number of carbonyl (C=O) groups excluding carboxylic acids is 1. The lowest BCUT2D eigenvalue weighted by Gasteiger charge is -2.35. The molecular weight excluding hydrogens is 356 g/mol. The van der Waals surface area contributed by atoms with Crippen molar-refractivity contribution < 1.29 is 9.32 Å². The Morgan fingerprint density at radius 2 is 1.82 bits per heavy atom. The molecule has 1 fully saturated rings. The van der Waals surface area contributed by atoms with Gasteiger partial charge in [0.05, 0.1) is 0 Å². The van der Waals surface area contributed by atoms with Crippen molar-refractivity contribution in [1.82, 2.24) is 25.0 Å². The average Bonchev–Trinajstić information content (AvgIpc) is 3.25. The van der Waals surface area contributed by atoms with Crippen LogP contribution in [0.4, 0.5) is 5.82 Å². The van der Waals surface area contributed by atoms with Crippen LogP contribution in [-0.2, 0) is 0 Å². The summed E-state index contributed by atoms with van der Waals surface area (Å²) in [4.78, 5) is 29.5. The quantitative estimate of drug-likeness (QED) is 0.689. The molecule has 1 amide bonds. The third kappa shape index (κ3) is 3.71. The van der Waals surface area contributed by atoms with Crippen LogP contribution in [0.3, 0.4) is 0 Å². The number of amides is 1. The molecule has 1 saturated heterocycles. The monoisotopic (exact) mass is 378 g/mol. The summed E-state index contributed by atoms with van der Waals surface area (Å²) >= 11 is 0. The predicted molar refractivity (Wildman–Crippen MR) is 104 cm³/mol. The van der Waals surface area contributed by atoms with E-state index >= 15 is 0 Å². The van der Waals surface area contributed by atoms with E-state index < -0.39 is 0 Å². The van der Waals surface area contributed by atoms with Gasteiger partial charge in [-0.1, -0.05) is 19.0 Å². The van der Waals surface area contributed by atoms with E-state index in [2.05, 4.69) is 25.0 Å². The number of anilines is 1. The van der Waals surface area contributed by atoms with Gasteiger partial charge in [0.2, 0.25) is 11.7 Å². The first kappa shape index (κ1) is 18.1. The van der Waals surface area contributed by atoms with Crippen molar-refractivity contribution in [3.63, 3.8) is 0 Å². The molecule has 8 heteroatoms. The van der Waals surface area contributed by atoms with Gasteiger partial charge in [-0.15, -0.1) is 0 Å². The lowest BCUT2D eigenvalue weighted by Crippen LogP contribution is -2.49. The van der Waals surface area contributed by atoms with Crippen LogP contribution in [-0.4, -0.2) is 57.1 Å². The Kier molecular flexibility index (Phi) is 5.01. The molecular formula is C20H22N6O2. The summed E-state index contributed by atoms with van der Waals surface area (Å²) in [7, 11) is 0. The molecule has 0 spiro atoms. The molecule has 0 radical (unpaired) electrons. The largest absolute Gasteiger partial charge is 0.353 e. The van der Waals surface area contributed by atoms with Crippen LogP contribution in [0.1, 0.15) is 36.0 Å². The zero-order valence-electron chi connectivity index (χ0n) is 15.9. The second-order valence-electron chi connectivity index (χ2n) is 7.03. The molecule has 0 N–H and O–H groups in total. The Bertz CT molecular complexity index is 931. The zero-order chi connectivity index (χ0) is 19.5. The van der Waals surface area contributed by atoms with E-state index in [0.717, 1.165) is 24.5 Å². The van der Waals surface area contributed by atoms with E-state index in [4.69, 9.17) is 4.52 Å². The summed E-state index contributed by atoms with van der Waals surface area (Å²) in [5.41, 5.74) is 1.50. The molecule has 3 aromatic heterocycles. The summed E-state index contributed by atoms with van der Waals surface area (Å²) in [6.45, 7) is 6.82. The molecule has 0 aliphatic carbocycles. The van der Waals surface area contributed by atoms with Crippen molar-refractivity contribution in [3.8, 4) is 11.4 Å². The minimum absolute atomic E-state index is 0.0448. The van der Waals surface area contributed by atoms with Crippen LogP contribution in [0.25, 0.3) is 11.4 Å². The number of hydrogen-bond donors (Lipinski definition) is 0. The number of hydrogen-bond acceptors (Lipinski definition) is 7. The van der Waals surface area contributed by atoms with Gasteiger partial charge in [0.25, 0.3) is 5.91 Å². The maximum absolute atomic E-state index is 12.5. The molecule has 0 saturated carbocycles. The fraction of sp³-hybridized carbons (Fsp3) is 0.350. The van der Waals surface area contributed by atoms with Crippen LogP contribution < -0.4 is 4.90 Å². The minimum atomic E-state index is 0.0448. The third-order valence-electron chi connectivity index (χ3n) is 4.76. The van der Waals surface area contributed by atoms with Gasteiger partial charge in [0, 0.05) is 61.8 Å². The van der Waals surface area contributed by atoms with Crippen molar-refractivity contribution in [2.75, 3.05) is 31.1 Å². The predicted octanol–water partition coefficient (Wildman–Crippen LogP) is 2.61. The molecule has 4 heterocycles. The van der Waals surface area contributed by atoms with Gasteiger partial charge in [-0.05, 0) is 24.3 Å². The van der Waals surface area contributed by atoms with Crippen molar-refractivity contribution in [3.05, 3.63) is 54.3 Å².